The Hall–Kier alpha value is -1.84. The van der Waals surface area contributed by atoms with Gasteiger partial charge in [0.2, 0.25) is 0 Å². The van der Waals surface area contributed by atoms with Crippen molar-refractivity contribution in [2.45, 2.75) is 32.4 Å². The molecule has 0 aliphatic rings. The molecule has 118 valence electrons. The van der Waals surface area contributed by atoms with Gasteiger partial charge in [0.25, 0.3) is 0 Å². The molecule has 22 heavy (non-hydrogen) atoms. The topological polar surface area (TPSA) is 41.5 Å². The molecule has 0 fully saturated rings. The van der Waals surface area contributed by atoms with Gasteiger partial charge in [0.1, 0.15) is 12.4 Å². The van der Waals surface area contributed by atoms with Crippen LogP contribution in [0.4, 0.5) is 0 Å². The molecule has 0 radical (unpaired) electrons. The summed E-state index contributed by atoms with van der Waals surface area (Å²) in [7, 11) is 0. The van der Waals surface area contributed by atoms with Crippen LogP contribution < -0.4 is 10.1 Å². The summed E-state index contributed by atoms with van der Waals surface area (Å²) in [5.74, 6) is 0.906. The fraction of sp³-hybridized carbons (Fsp3) is 0.368. The van der Waals surface area contributed by atoms with Gasteiger partial charge in [-0.2, -0.15) is 0 Å². The van der Waals surface area contributed by atoms with Crippen molar-refractivity contribution in [3.63, 3.8) is 0 Å². The van der Waals surface area contributed by atoms with Crippen molar-refractivity contribution in [3.8, 4) is 5.75 Å². The van der Waals surface area contributed by atoms with Gasteiger partial charge in [0, 0.05) is 13.2 Å². The molecule has 2 aromatic carbocycles. The molecule has 0 unspecified atom stereocenters. The van der Waals surface area contributed by atoms with Crippen molar-refractivity contribution >= 4 is 0 Å². The van der Waals surface area contributed by atoms with Crippen LogP contribution in [0.5, 0.6) is 5.75 Å². The molecule has 0 aromatic heterocycles. The van der Waals surface area contributed by atoms with Gasteiger partial charge in [-0.05, 0) is 49.1 Å². The minimum absolute atomic E-state index is 0.292. The molecule has 3 heteroatoms. The van der Waals surface area contributed by atoms with Crippen LogP contribution in [0.1, 0.15) is 30.4 Å². The summed E-state index contributed by atoms with van der Waals surface area (Å²) in [4.78, 5) is 0. The zero-order valence-corrected chi connectivity index (χ0v) is 13.0. The number of nitrogens with one attached hydrogen (secondary N) is 1. The van der Waals surface area contributed by atoms with Crippen LogP contribution in [0.15, 0.2) is 54.6 Å². The highest BCUT2D eigenvalue weighted by Gasteiger charge is 1.98. The molecule has 0 aliphatic carbocycles. The van der Waals surface area contributed by atoms with Crippen LogP contribution in [0.2, 0.25) is 0 Å². The molecule has 2 N–H and O–H groups in total. The molecule has 0 spiro atoms. The van der Waals surface area contributed by atoms with Gasteiger partial charge in [-0.3, -0.25) is 0 Å². The molecule has 0 heterocycles. The number of unbranched alkanes of at least 4 members (excludes halogenated alkanes) is 2. The summed E-state index contributed by atoms with van der Waals surface area (Å²) in [6, 6.07) is 18.4. The van der Waals surface area contributed by atoms with Crippen LogP contribution >= 0.6 is 0 Å². The van der Waals surface area contributed by atoms with E-state index in [1.54, 1.807) is 0 Å². The quantitative estimate of drug-likeness (QED) is 0.660. The Morgan fingerprint density at radius 2 is 1.68 bits per heavy atom. The zero-order chi connectivity index (χ0) is 15.5. The number of rotatable bonds is 10. The lowest BCUT2D eigenvalue weighted by Crippen LogP contribution is -2.14. The standard InChI is InChI=1S/C19H25NO2/c21-13-6-2-5-12-20-15-18-10-7-11-19(14-18)22-16-17-8-3-1-4-9-17/h1,3-4,7-11,14,20-21H,2,5-6,12-13,15-16H2. The Kier molecular flexibility index (Phi) is 7.50. The van der Waals surface area contributed by atoms with Crippen LogP contribution in [-0.2, 0) is 13.2 Å². The Labute approximate surface area is 133 Å². The largest absolute Gasteiger partial charge is 0.489 e. The third-order valence-electron chi connectivity index (χ3n) is 3.49. The lowest BCUT2D eigenvalue weighted by molar-refractivity contribution is 0.283. The first-order chi connectivity index (χ1) is 10.9. The van der Waals surface area contributed by atoms with E-state index in [2.05, 4.69) is 29.6 Å². The number of ether oxygens (including phenoxy) is 1. The number of aliphatic hydroxyl groups is 1. The average molecular weight is 299 g/mol. The van der Waals surface area contributed by atoms with Crippen molar-refractivity contribution < 1.29 is 9.84 Å². The maximum Gasteiger partial charge on any atom is 0.120 e. The SMILES string of the molecule is OCCCCCNCc1cccc(OCc2ccccc2)c1. The van der Waals surface area contributed by atoms with E-state index in [0.717, 1.165) is 38.1 Å². The highest BCUT2D eigenvalue weighted by Crippen LogP contribution is 2.15. The van der Waals surface area contributed by atoms with Crippen LogP contribution in [0.3, 0.4) is 0 Å². The second-order valence-corrected chi connectivity index (χ2v) is 5.38. The number of hydrogen-bond donors (Lipinski definition) is 2. The molecule has 2 aromatic rings. The number of hydrogen-bond acceptors (Lipinski definition) is 3. The van der Waals surface area contributed by atoms with Crippen molar-refractivity contribution in [1.29, 1.82) is 0 Å². The van der Waals surface area contributed by atoms with E-state index in [1.807, 2.05) is 30.3 Å². The summed E-state index contributed by atoms with van der Waals surface area (Å²) < 4.78 is 5.84. The number of aliphatic hydroxyl groups excluding tert-OH is 1. The molecule has 0 amide bonds. The van der Waals surface area contributed by atoms with E-state index in [4.69, 9.17) is 9.84 Å². The first kappa shape index (κ1) is 16.5. The zero-order valence-electron chi connectivity index (χ0n) is 13.0. The van der Waals surface area contributed by atoms with Gasteiger partial charge in [-0.1, -0.05) is 42.5 Å². The van der Waals surface area contributed by atoms with Crippen molar-refractivity contribution in [2.75, 3.05) is 13.2 Å². The van der Waals surface area contributed by atoms with Crippen LogP contribution in [0.25, 0.3) is 0 Å². The fourth-order valence-electron chi connectivity index (χ4n) is 2.26. The molecule has 2 rings (SSSR count). The molecular formula is C19H25NO2. The van der Waals surface area contributed by atoms with E-state index < -0.39 is 0 Å². The van der Waals surface area contributed by atoms with Gasteiger partial charge in [0.15, 0.2) is 0 Å². The van der Waals surface area contributed by atoms with E-state index in [1.165, 1.54) is 11.1 Å². The minimum Gasteiger partial charge on any atom is -0.489 e. The normalized spacial score (nSPS) is 10.6. The Bertz CT molecular complexity index is 528. The predicted molar refractivity (Wildman–Crippen MR) is 89.9 cm³/mol. The number of benzene rings is 2. The summed E-state index contributed by atoms with van der Waals surface area (Å²) in [5, 5.41) is 12.2. The van der Waals surface area contributed by atoms with Gasteiger partial charge in [-0.25, -0.2) is 0 Å². The van der Waals surface area contributed by atoms with Gasteiger partial charge in [0.05, 0.1) is 0 Å². The molecule has 0 saturated carbocycles. The van der Waals surface area contributed by atoms with Gasteiger partial charge < -0.3 is 15.2 Å². The van der Waals surface area contributed by atoms with Gasteiger partial charge >= 0.3 is 0 Å². The second kappa shape index (κ2) is 9.98. The van der Waals surface area contributed by atoms with Crippen molar-refractivity contribution in [2.24, 2.45) is 0 Å². The smallest absolute Gasteiger partial charge is 0.120 e. The van der Waals surface area contributed by atoms with Crippen molar-refractivity contribution in [3.05, 3.63) is 65.7 Å². The predicted octanol–water partition coefficient (Wildman–Crippen LogP) is 3.52. The molecule has 3 nitrogen and oxygen atoms in total. The molecule has 0 bridgehead atoms. The summed E-state index contributed by atoms with van der Waals surface area (Å²) >= 11 is 0. The highest BCUT2D eigenvalue weighted by molar-refractivity contribution is 5.29. The first-order valence-corrected chi connectivity index (χ1v) is 7.96. The minimum atomic E-state index is 0.292. The van der Waals surface area contributed by atoms with Gasteiger partial charge in [-0.15, -0.1) is 0 Å². The second-order valence-electron chi connectivity index (χ2n) is 5.38. The van der Waals surface area contributed by atoms with Crippen LogP contribution in [-0.4, -0.2) is 18.3 Å². The summed E-state index contributed by atoms with van der Waals surface area (Å²) in [6.07, 6.45) is 3.07. The third kappa shape index (κ3) is 6.29. The maximum absolute atomic E-state index is 8.73. The Morgan fingerprint density at radius 1 is 0.864 bits per heavy atom. The molecule has 0 saturated heterocycles. The maximum atomic E-state index is 8.73. The monoisotopic (exact) mass is 299 g/mol. The third-order valence-corrected chi connectivity index (χ3v) is 3.49. The summed E-state index contributed by atoms with van der Waals surface area (Å²) in [6.45, 7) is 2.72. The molecule has 0 atom stereocenters. The average Bonchev–Trinajstić information content (AvgIpc) is 2.57. The molecule has 0 aliphatic heterocycles. The van der Waals surface area contributed by atoms with Crippen LogP contribution in [0, 0.1) is 0 Å². The highest BCUT2D eigenvalue weighted by atomic mass is 16.5. The van der Waals surface area contributed by atoms with E-state index in [9.17, 15) is 0 Å². The van der Waals surface area contributed by atoms with E-state index in [-0.39, 0.29) is 0 Å². The summed E-state index contributed by atoms with van der Waals surface area (Å²) in [5.41, 5.74) is 2.41. The lowest BCUT2D eigenvalue weighted by atomic mass is 10.2. The first-order valence-electron chi connectivity index (χ1n) is 7.96. The van der Waals surface area contributed by atoms with E-state index >= 15 is 0 Å². The molecular weight excluding hydrogens is 274 g/mol. The lowest BCUT2D eigenvalue weighted by Gasteiger charge is -2.09. The Morgan fingerprint density at radius 3 is 2.50 bits per heavy atom. The van der Waals surface area contributed by atoms with Crippen molar-refractivity contribution in [1.82, 2.24) is 5.32 Å². The van der Waals surface area contributed by atoms with E-state index in [0.29, 0.717) is 13.2 Å². The fourth-order valence-corrected chi connectivity index (χ4v) is 2.26. The Balaban J connectivity index is 1.72.